The average Bonchev–Trinajstić information content (AvgIpc) is 2.40. The number of hydrogen-bond donors (Lipinski definition) is 1. The number of carboxylic acids is 1. The Bertz CT molecular complexity index is 512. The second-order valence-electron chi connectivity index (χ2n) is 4.82. The van der Waals surface area contributed by atoms with E-state index in [2.05, 4.69) is 0 Å². The molecule has 1 heterocycles. The van der Waals surface area contributed by atoms with Crippen LogP contribution in [-0.2, 0) is 16.0 Å². The molecule has 0 aliphatic carbocycles. The molecule has 1 unspecified atom stereocenters. The largest absolute Gasteiger partial charge is 0.482 e. The average molecular weight is 263 g/mol. The molecular weight excluding hydrogens is 246 g/mol. The van der Waals surface area contributed by atoms with Gasteiger partial charge in [0, 0.05) is 7.05 Å². The first-order valence-electron chi connectivity index (χ1n) is 6.24. The summed E-state index contributed by atoms with van der Waals surface area (Å²) in [5, 5.41) is 8.86. The summed E-state index contributed by atoms with van der Waals surface area (Å²) >= 11 is 0. The van der Waals surface area contributed by atoms with E-state index in [9.17, 15) is 9.59 Å². The number of amides is 1. The van der Waals surface area contributed by atoms with Gasteiger partial charge in [-0.05, 0) is 30.5 Å². The number of fused-ring (bicyclic) bond motifs is 1. The number of likely N-dealkylation sites (N-methyl/N-ethyl adjacent to an activating group) is 1. The normalized spacial score (nSPS) is 15.7. The van der Waals surface area contributed by atoms with Gasteiger partial charge in [0.15, 0.2) is 6.61 Å². The monoisotopic (exact) mass is 263 g/mol. The minimum Gasteiger partial charge on any atom is -0.482 e. The van der Waals surface area contributed by atoms with Gasteiger partial charge >= 0.3 is 5.97 Å². The second-order valence-corrected chi connectivity index (χ2v) is 4.82. The fraction of sp³-hybridized carbons (Fsp3) is 0.429. The zero-order valence-electron chi connectivity index (χ0n) is 11.0. The Kier molecular flexibility index (Phi) is 3.74. The summed E-state index contributed by atoms with van der Waals surface area (Å²) < 4.78 is 5.34. The van der Waals surface area contributed by atoms with Crippen molar-refractivity contribution in [2.45, 2.75) is 19.8 Å². The highest BCUT2D eigenvalue weighted by molar-refractivity contribution is 5.97. The number of carbonyl (C=O) groups excluding carboxylic acids is 1. The first-order chi connectivity index (χ1) is 8.99. The number of rotatable bonds is 4. The maximum Gasteiger partial charge on any atom is 0.306 e. The van der Waals surface area contributed by atoms with Crippen molar-refractivity contribution in [2.24, 2.45) is 5.92 Å². The maximum atomic E-state index is 11.5. The molecule has 1 N–H and O–H groups in total. The molecule has 0 saturated heterocycles. The Hall–Kier alpha value is -2.04. The number of nitrogens with zero attached hydrogens (tertiary/aromatic N) is 1. The molecule has 19 heavy (non-hydrogen) atoms. The van der Waals surface area contributed by atoms with Crippen molar-refractivity contribution in [1.29, 1.82) is 0 Å². The third-order valence-corrected chi connectivity index (χ3v) is 3.40. The van der Waals surface area contributed by atoms with Crippen molar-refractivity contribution in [3.63, 3.8) is 0 Å². The third kappa shape index (κ3) is 2.86. The highest BCUT2D eigenvalue weighted by atomic mass is 16.5. The zero-order valence-corrected chi connectivity index (χ0v) is 11.0. The van der Waals surface area contributed by atoms with Crippen LogP contribution in [0.5, 0.6) is 5.75 Å². The number of aryl methyl sites for hydroxylation is 1. The van der Waals surface area contributed by atoms with Gasteiger partial charge in [-0.3, -0.25) is 9.59 Å². The zero-order chi connectivity index (χ0) is 14.0. The third-order valence-electron chi connectivity index (χ3n) is 3.40. The van der Waals surface area contributed by atoms with Crippen LogP contribution in [0.15, 0.2) is 18.2 Å². The summed E-state index contributed by atoms with van der Waals surface area (Å²) in [4.78, 5) is 23.9. The van der Waals surface area contributed by atoms with Crippen LogP contribution in [0.25, 0.3) is 0 Å². The number of hydrogen-bond acceptors (Lipinski definition) is 3. The van der Waals surface area contributed by atoms with E-state index in [4.69, 9.17) is 9.84 Å². The molecule has 0 aromatic heterocycles. The van der Waals surface area contributed by atoms with Crippen molar-refractivity contribution in [3.05, 3.63) is 23.8 Å². The highest BCUT2D eigenvalue weighted by Crippen LogP contribution is 2.32. The van der Waals surface area contributed by atoms with Crippen molar-refractivity contribution in [3.8, 4) is 5.75 Å². The molecule has 5 nitrogen and oxygen atoms in total. The lowest BCUT2D eigenvalue weighted by molar-refractivity contribution is -0.141. The summed E-state index contributed by atoms with van der Waals surface area (Å²) in [6.45, 7) is 1.76. The van der Waals surface area contributed by atoms with Crippen LogP contribution < -0.4 is 9.64 Å². The Morgan fingerprint density at radius 3 is 2.95 bits per heavy atom. The summed E-state index contributed by atoms with van der Waals surface area (Å²) in [6.07, 6.45) is 1.25. The molecule has 1 aliphatic rings. The standard InChI is InChI=1S/C14H17NO4/c1-9(14(17)18)3-4-10-5-6-12-11(7-10)15(2)13(16)8-19-12/h5-7,9H,3-4,8H2,1-2H3,(H,17,18). The minimum absolute atomic E-state index is 0.0683. The smallest absolute Gasteiger partial charge is 0.306 e. The summed E-state index contributed by atoms with van der Waals surface area (Å²) in [6, 6.07) is 5.64. The fourth-order valence-corrected chi connectivity index (χ4v) is 1.98. The first kappa shape index (κ1) is 13.4. The Morgan fingerprint density at radius 1 is 1.53 bits per heavy atom. The highest BCUT2D eigenvalue weighted by Gasteiger charge is 2.22. The Balaban J connectivity index is 2.12. The summed E-state index contributed by atoms with van der Waals surface area (Å²) in [7, 11) is 1.72. The maximum absolute atomic E-state index is 11.5. The van der Waals surface area contributed by atoms with Gasteiger partial charge in [0.2, 0.25) is 0 Å². The molecule has 1 amide bonds. The van der Waals surface area contributed by atoms with Crippen LogP contribution in [0.1, 0.15) is 18.9 Å². The molecule has 0 fully saturated rings. The molecule has 0 spiro atoms. The van der Waals surface area contributed by atoms with Gasteiger partial charge in [0.05, 0.1) is 11.6 Å². The molecule has 0 radical (unpaired) electrons. The second kappa shape index (κ2) is 5.30. The number of ether oxygens (including phenoxy) is 1. The lowest BCUT2D eigenvalue weighted by Crippen LogP contribution is -2.35. The molecule has 1 atom stereocenters. The SMILES string of the molecule is CC(CCc1ccc2c(c1)N(C)C(=O)CO2)C(=O)O. The molecule has 0 bridgehead atoms. The minimum atomic E-state index is -0.784. The van der Waals surface area contributed by atoms with Crippen LogP contribution in [0, 0.1) is 5.92 Å². The van der Waals surface area contributed by atoms with Crippen LogP contribution in [0.3, 0.4) is 0 Å². The number of aliphatic carboxylic acids is 1. The van der Waals surface area contributed by atoms with Crippen molar-refractivity contribution >= 4 is 17.6 Å². The van der Waals surface area contributed by atoms with E-state index in [-0.39, 0.29) is 18.4 Å². The van der Waals surface area contributed by atoms with Crippen LogP contribution in [0.4, 0.5) is 5.69 Å². The van der Waals surface area contributed by atoms with E-state index in [0.717, 1.165) is 11.3 Å². The molecule has 1 aromatic carbocycles. The van der Waals surface area contributed by atoms with Crippen LogP contribution in [0.2, 0.25) is 0 Å². The lowest BCUT2D eigenvalue weighted by Gasteiger charge is -2.26. The van der Waals surface area contributed by atoms with Gasteiger partial charge in [-0.2, -0.15) is 0 Å². The molecule has 5 heteroatoms. The van der Waals surface area contributed by atoms with Gasteiger partial charge in [0.25, 0.3) is 5.91 Å². The molecule has 0 saturated carbocycles. The number of carboxylic acid groups (broad SMARTS) is 1. The van der Waals surface area contributed by atoms with E-state index in [1.807, 2.05) is 18.2 Å². The van der Waals surface area contributed by atoms with Crippen LogP contribution >= 0.6 is 0 Å². The van der Waals surface area contributed by atoms with Crippen molar-refractivity contribution in [2.75, 3.05) is 18.6 Å². The van der Waals surface area contributed by atoms with E-state index < -0.39 is 5.97 Å². The molecule has 2 rings (SSSR count). The van der Waals surface area contributed by atoms with Gasteiger partial charge in [-0.25, -0.2) is 0 Å². The van der Waals surface area contributed by atoms with Gasteiger partial charge in [-0.1, -0.05) is 13.0 Å². The first-order valence-corrected chi connectivity index (χ1v) is 6.24. The molecular formula is C14H17NO4. The topological polar surface area (TPSA) is 66.8 Å². The van der Waals surface area contributed by atoms with Crippen molar-refractivity contribution in [1.82, 2.24) is 0 Å². The number of benzene rings is 1. The van der Waals surface area contributed by atoms with E-state index in [1.165, 1.54) is 0 Å². The van der Waals surface area contributed by atoms with E-state index in [0.29, 0.717) is 18.6 Å². The number of carbonyl (C=O) groups is 2. The molecule has 102 valence electrons. The lowest BCUT2D eigenvalue weighted by atomic mass is 10.0. The molecule has 1 aliphatic heterocycles. The summed E-state index contributed by atoms with van der Waals surface area (Å²) in [5.41, 5.74) is 1.76. The Labute approximate surface area is 111 Å². The van der Waals surface area contributed by atoms with E-state index in [1.54, 1.807) is 18.9 Å². The van der Waals surface area contributed by atoms with Crippen molar-refractivity contribution < 1.29 is 19.4 Å². The van der Waals surface area contributed by atoms with Gasteiger partial charge < -0.3 is 14.7 Å². The Morgan fingerprint density at radius 2 is 2.26 bits per heavy atom. The summed E-state index contributed by atoms with van der Waals surface area (Å²) in [5.74, 6) is -0.541. The van der Waals surface area contributed by atoms with Gasteiger partial charge in [0.1, 0.15) is 5.75 Å². The predicted molar refractivity (Wildman–Crippen MR) is 70.5 cm³/mol. The predicted octanol–water partition coefficient (Wildman–Crippen LogP) is 1.70. The van der Waals surface area contributed by atoms with Gasteiger partial charge in [-0.15, -0.1) is 0 Å². The van der Waals surface area contributed by atoms with Crippen LogP contribution in [-0.4, -0.2) is 30.6 Å². The number of anilines is 1. The fourth-order valence-electron chi connectivity index (χ4n) is 1.98. The molecule has 1 aromatic rings. The quantitative estimate of drug-likeness (QED) is 0.897. The van der Waals surface area contributed by atoms with E-state index >= 15 is 0 Å².